The number of hydrazine groups is 1. The number of hydrogen-bond acceptors (Lipinski definition) is 5. The molecule has 0 aliphatic carbocycles. The molecule has 0 fully saturated rings. The summed E-state index contributed by atoms with van der Waals surface area (Å²) in [4.78, 5) is 12.9. The molecule has 6 nitrogen and oxygen atoms in total. The lowest BCUT2D eigenvalue weighted by Gasteiger charge is -2.14. The second-order valence-electron chi connectivity index (χ2n) is 8.41. The van der Waals surface area contributed by atoms with E-state index in [1.54, 1.807) is 0 Å². The molecule has 172 valence electrons. The molecule has 34 heavy (non-hydrogen) atoms. The van der Waals surface area contributed by atoms with Gasteiger partial charge in [0.1, 0.15) is 11.5 Å². The van der Waals surface area contributed by atoms with Crippen LogP contribution in [0.1, 0.15) is 35.5 Å². The minimum Gasteiger partial charge on any atom is -0.457 e. The van der Waals surface area contributed by atoms with Crippen LogP contribution in [0.15, 0.2) is 91.0 Å². The highest BCUT2D eigenvalue weighted by molar-refractivity contribution is 5.93. The molecule has 0 aliphatic heterocycles. The van der Waals surface area contributed by atoms with Gasteiger partial charge in [-0.15, -0.1) is 10.2 Å². The number of aromatic nitrogens is 2. The van der Waals surface area contributed by atoms with E-state index in [1.807, 2.05) is 91.0 Å². The summed E-state index contributed by atoms with van der Waals surface area (Å²) in [6.07, 6.45) is 0.700. The van der Waals surface area contributed by atoms with Gasteiger partial charge in [0, 0.05) is 12.1 Å². The predicted molar refractivity (Wildman–Crippen MR) is 133 cm³/mol. The molecule has 0 saturated carbocycles. The number of carbonyl (C=O) groups is 1. The van der Waals surface area contributed by atoms with Gasteiger partial charge in [0.05, 0.1) is 5.69 Å². The fourth-order valence-electron chi connectivity index (χ4n) is 3.61. The number of carbonyl (C=O) groups excluding carboxylic acids is 1. The van der Waals surface area contributed by atoms with Gasteiger partial charge in [-0.3, -0.25) is 10.2 Å². The number of benzene rings is 3. The summed E-state index contributed by atoms with van der Waals surface area (Å²) in [5, 5.41) is 8.71. The molecule has 0 aliphatic rings. The molecule has 0 spiro atoms. The molecular weight excluding hydrogens is 424 g/mol. The van der Waals surface area contributed by atoms with Crippen molar-refractivity contribution in [3.8, 4) is 22.8 Å². The van der Waals surface area contributed by atoms with Gasteiger partial charge in [-0.2, -0.15) is 0 Å². The van der Waals surface area contributed by atoms with E-state index in [0.717, 1.165) is 22.4 Å². The topological polar surface area (TPSA) is 76.1 Å². The molecule has 1 heterocycles. The zero-order chi connectivity index (χ0) is 23.8. The number of ether oxygens (including phenoxy) is 1. The Morgan fingerprint density at radius 3 is 2.29 bits per heavy atom. The number of hydrogen-bond donors (Lipinski definition) is 2. The van der Waals surface area contributed by atoms with Crippen molar-refractivity contribution in [2.24, 2.45) is 5.92 Å². The quantitative estimate of drug-likeness (QED) is 0.325. The number of nitrogens with one attached hydrogen (secondary N) is 2. The number of rotatable bonds is 9. The summed E-state index contributed by atoms with van der Waals surface area (Å²) < 4.78 is 6.10. The monoisotopic (exact) mass is 452 g/mol. The molecule has 4 rings (SSSR count). The Kier molecular flexibility index (Phi) is 7.63. The highest BCUT2D eigenvalue weighted by atomic mass is 16.5. The van der Waals surface area contributed by atoms with E-state index >= 15 is 0 Å². The highest BCUT2D eigenvalue weighted by Crippen LogP contribution is 2.32. The van der Waals surface area contributed by atoms with Crippen molar-refractivity contribution < 1.29 is 9.53 Å². The molecule has 1 aromatic heterocycles. The Morgan fingerprint density at radius 2 is 1.56 bits per heavy atom. The highest BCUT2D eigenvalue weighted by Gasteiger charge is 2.18. The van der Waals surface area contributed by atoms with Gasteiger partial charge in [-0.1, -0.05) is 74.5 Å². The SMILES string of the molecule is CC(C)Cc1cc(-c2ccccc2Oc2ccccc2)nnc1C(=O)NNCc1ccccc1. The van der Waals surface area contributed by atoms with E-state index in [2.05, 4.69) is 34.9 Å². The maximum absolute atomic E-state index is 12.9. The van der Waals surface area contributed by atoms with E-state index in [-0.39, 0.29) is 5.91 Å². The van der Waals surface area contributed by atoms with Crippen molar-refractivity contribution in [1.82, 2.24) is 21.0 Å². The van der Waals surface area contributed by atoms with Crippen LogP contribution < -0.4 is 15.6 Å². The van der Waals surface area contributed by atoms with Crippen LogP contribution in [0.3, 0.4) is 0 Å². The molecule has 0 radical (unpaired) electrons. The average Bonchev–Trinajstić information content (AvgIpc) is 2.85. The predicted octanol–water partition coefficient (Wildman–Crippen LogP) is 5.57. The molecule has 6 heteroatoms. The van der Waals surface area contributed by atoms with Crippen LogP contribution in [0.4, 0.5) is 0 Å². The number of para-hydroxylation sites is 2. The fraction of sp³-hybridized carbons (Fsp3) is 0.179. The van der Waals surface area contributed by atoms with E-state index in [0.29, 0.717) is 36.0 Å². The first-order chi connectivity index (χ1) is 16.6. The average molecular weight is 453 g/mol. The van der Waals surface area contributed by atoms with Crippen LogP contribution in [0.2, 0.25) is 0 Å². The zero-order valence-corrected chi connectivity index (χ0v) is 19.4. The van der Waals surface area contributed by atoms with Crippen molar-refractivity contribution in [2.75, 3.05) is 0 Å². The van der Waals surface area contributed by atoms with Gasteiger partial charge in [-0.25, -0.2) is 5.43 Å². The third-order valence-corrected chi connectivity index (χ3v) is 5.19. The van der Waals surface area contributed by atoms with Crippen LogP contribution in [0.25, 0.3) is 11.3 Å². The second-order valence-corrected chi connectivity index (χ2v) is 8.41. The number of nitrogens with zero attached hydrogens (tertiary/aromatic N) is 2. The van der Waals surface area contributed by atoms with Crippen molar-refractivity contribution in [2.45, 2.75) is 26.8 Å². The molecule has 4 aromatic rings. The van der Waals surface area contributed by atoms with Crippen LogP contribution in [-0.2, 0) is 13.0 Å². The molecular formula is C28H28N4O2. The Bertz CT molecular complexity index is 1230. The minimum absolute atomic E-state index is 0.306. The Hall–Kier alpha value is -4.03. The van der Waals surface area contributed by atoms with Crippen molar-refractivity contribution in [1.29, 1.82) is 0 Å². The third kappa shape index (κ3) is 6.05. The van der Waals surface area contributed by atoms with Crippen molar-refractivity contribution in [3.05, 3.63) is 108 Å². The van der Waals surface area contributed by atoms with Gasteiger partial charge < -0.3 is 4.74 Å². The summed E-state index contributed by atoms with van der Waals surface area (Å²) in [6, 6.07) is 29.1. The van der Waals surface area contributed by atoms with E-state index < -0.39 is 0 Å². The summed E-state index contributed by atoms with van der Waals surface area (Å²) in [5.74, 6) is 1.46. The molecule has 2 N–H and O–H groups in total. The van der Waals surface area contributed by atoms with Gasteiger partial charge >= 0.3 is 0 Å². The maximum atomic E-state index is 12.9. The lowest BCUT2D eigenvalue weighted by Crippen LogP contribution is -2.38. The number of amides is 1. The minimum atomic E-state index is -0.306. The lowest BCUT2D eigenvalue weighted by atomic mass is 9.99. The Balaban J connectivity index is 1.57. The van der Waals surface area contributed by atoms with Crippen molar-refractivity contribution in [3.63, 3.8) is 0 Å². The van der Waals surface area contributed by atoms with Gasteiger partial charge in [0.2, 0.25) is 0 Å². The summed E-state index contributed by atoms with van der Waals surface area (Å²) in [5.41, 5.74) is 9.44. The van der Waals surface area contributed by atoms with Crippen molar-refractivity contribution >= 4 is 5.91 Å². The Morgan fingerprint density at radius 1 is 0.882 bits per heavy atom. The van der Waals surface area contributed by atoms with Gasteiger partial charge in [0.15, 0.2) is 5.69 Å². The van der Waals surface area contributed by atoms with Crippen LogP contribution in [0, 0.1) is 5.92 Å². The van der Waals surface area contributed by atoms with E-state index in [1.165, 1.54) is 0 Å². The third-order valence-electron chi connectivity index (χ3n) is 5.19. The van der Waals surface area contributed by atoms with Crippen LogP contribution in [0.5, 0.6) is 11.5 Å². The van der Waals surface area contributed by atoms with E-state index in [9.17, 15) is 4.79 Å². The van der Waals surface area contributed by atoms with Crippen LogP contribution >= 0.6 is 0 Å². The molecule has 0 bridgehead atoms. The second kappa shape index (κ2) is 11.2. The molecule has 0 unspecified atom stereocenters. The first-order valence-corrected chi connectivity index (χ1v) is 11.4. The zero-order valence-electron chi connectivity index (χ0n) is 19.4. The molecule has 1 amide bonds. The largest absolute Gasteiger partial charge is 0.457 e. The van der Waals surface area contributed by atoms with Gasteiger partial charge in [0.25, 0.3) is 5.91 Å². The summed E-state index contributed by atoms with van der Waals surface area (Å²) >= 11 is 0. The van der Waals surface area contributed by atoms with E-state index in [4.69, 9.17) is 4.74 Å². The van der Waals surface area contributed by atoms with Crippen LogP contribution in [-0.4, -0.2) is 16.1 Å². The summed E-state index contributed by atoms with van der Waals surface area (Å²) in [6.45, 7) is 4.74. The fourth-order valence-corrected chi connectivity index (χ4v) is 3.61. The first kappa shape index (κ1) is 23.1. The smallest absolute Gasteiger partial charge is 0.286 e. The molecule has 0 atom stereocenters. The summed E-state index contributed by atoms with van der Waals surface area (Å²) in [7, 11) is 0. The van der Waals surface area contributed by atoms with Gasteiger partial charge in [-0.05, 0) is 53.8 Å². The standard InChI is InChI=1S/C28H28N4O2/c1-20(2)17-22-18-25(24-15-9-10-16-26(24)34-23-13-7-4-8-14-23)30-31-27(22)28(33)32-29-19-21-11-5-3-6-12-21/h3-16,18,20,29H,17,19H2,1-2H3,(H,32,33). The normalized spacial score (nSPS) is 10.8. The maximum Gasteiger partial charge on any atom is 0.286 e. The molecule has 0 saturated heterocycles. The molecule has 3 aromatic carbocycles. The first-order valence-electron chi connectivity index (χ1n) is 11.4. The lowest BCUT2D eigenvalue weighted by molar-refractivity contribution is 0.0925. The Labute approximate surface area is 200 Å².